The minimum atomic E-state index is -3.67. The van der Waals surface area contributed by atoms with Crippen LogP contribution in [0.1, 0.15) is 27.3 Å². The van der Waals surface area contributed by atoms with Crippen LogP contribution in [0.5, 0.6) is 5.75 Å². The third-order valence-corrected chi connectivity index (χ3v) is 6.28. The number of sulfonamides is 1. The summed E-state index contributed by atoms with van der Waals surface area (Å²) in [7, 11) is -0.747. The number of carbonyl (C=O) groups is 1. The smallest absolute Gasteiger partial charge is 0.251 e. The Kier molecular flexibility index (Phi) is 6.18. The maximum Gasteiger partial charge on any atom is 0.251 e. The fraction of sp³-hybridized carbons (Fsp3) is 0.250. The van der Waals surface area contributed by atoms with Crippen LogP contribution in [0.4, 0.5) is 0 Å². The highest BCUT2D eigenvalue weighted by molar-refractivity contribution is 7.89. The van der Waals surface area contributed by atoms with Crippen molar-refractivity contribution in [2.24, 2.45) is 0 Å². The van der Waals surface area contributed by atoms with Crippen molar-refractivity contribution in [1.29, 1.82) is 0 Å². The quantitative estimate of drug-likeness (QED) is 0.527. The van der Waals surface area contributed by atoms with Crippen molar-refractivity contribution in [3.63, 3.8) is 0 Å². The summed E-state index contributed by atoms with van der Waals surface area (Å²) < 4.78 is 31.9. The van der Waals surface area contributed by atoms with Crippen molar-refractivity contribution in [3.05, 3.63) is 58.9 Å². The second-order valence-corrected chi connectivity index (χ2v) is 8.50. The molecule has 0 bridgehead atoms. The van der Waals surface area contributed by atoms with Gasteiger partial charge in [0.2, 0.25) is 10.0 Å². The SMILES string of the molecule is CNS(=O)(=O)c1cc(C(=O)NCc2nc(-c3ccc(OC)cc3)n[nH]2)cc(C)c1C. The first-order chi connectivity index (χ1) is 14.2. The number of rotatable bonds is 7. The van der Waals surface area contributed by atoms with Gasteiger partial charge in [0, 0.05) is 11.1 Å². The van der Waals surface area contributed by atoms with E-state index >= 15 is 0 Å². The minimum Gasteiger partial charge on any atom is -0.497 e. The summed E-state index contributed by atoms with van der Waals surface area (Å²) >= 11 is 0. The number of amides is 1. The number of hydrogen-bond donors (Lipinski definition) is 3. The molecule has 1 aromatic heterocycles. The van der Waals surface area contributed by atoms with E-state index in [2.05, 4.69) is 25.2 Å². The van der Waals surface area contributed by atoms with Gasteiger partial charge in [-0.2, -0.15) is 5.10 Å². The molecule has 0 aliphatic carbocycles. The largest absolute Gasteiger partial charge is 0.497 e. The van der Waals surface area contributed by atoms with Crippen LogP contribution in [0.15, 0.2) is 41.3 Å². The summed E-state index contributed by atoms with van der Waals surface area (Å²) in [5, 5.41) is 9.69. The number of aryl methyl sites for hydroxylation is 1. The Hall–Kier alpha value is -3.24. The molecule has 0 unspecified atom stereocenters. The van der Waals surface area contributed by atoms with Crippen molar-refractivity contribution in [2.45, 2.75) is 25.3 Å². The number of ether oxygens (including phenoxy) is 1. The standard InChI is InChI=1S/C20H23N5O4S/c1-12-9-15(10-17(13(12)2)30(27,28)21-3)20(26)22-11-18-23-19(25-24-18)14-5-7-16(29-4)8-6-14/h5-10,21H,11H2,1-4H3,(H,22,26)(H,23,24,25). The molecule has 2 aromatic carbocycles. The number of hydrogen-bond acceptors (Lipinski definition) is 6. The van der Waals surface area contributed by atoms with Gasteiger partial charge in [-0.3, -0.25) is 9.89 Å². The first-order valence-electron chi connectivity index (χ1n) is 9.14. The monoisotopic (exact) mass is 429 g/mol. The van der Waals surface area contributed by atoms with E-state index in [1.807, 2.05) is 24.3 Å². The number of nitrogens with zero attached hydrogens (tertiary/aromatic N) is 2. The molecule has 158 valence electrons. The summed E-state index contributed by atoms with van der Waals surface area (Å²) in [5.41, 5.74) is 2.36. The van der Waals surface area contributed by atoms with Crippen LogP contribution >= 0.6 is 0 Å². The van der Waals surface area contributed by atoms with Gasteiger partial charge < -0.3 is 10.1 Å². The Morgan fingerprint density at radius 1 is 1.17 bits per heavy atom. The van der Waals surface area contributed by atoms with E-state index in [4.69, 9.17) is 4.74 Å². The van der Waals surface area contributed by atoms with E-state index in [0.717, 1.165) is 11.3 Å². The minimum absolute atomic E-state index is 0.0802. The van der Waals surface area contributed by atoms with Crippen molar-refractivity contribution < 1.29 is 17.9 Å². The van der Waals surface area contributed by atoms with Crippen LogP contribution in [0, 0.1) is 13.8 Å². The van der Waals surface area contributed by atoms with Gasteiger partial charge in [-0.05, 0) is 68.4 Å². The first-order valence-corrected chi connectivity index (χ1v) is 10.6. The van der Waals surface area contributed by atoms with E-state index in [-0.39, 0.29) is 17.0 Å². The number of methoxy groups -OCH3 is 1. The summed E-state index contributed by atoms with van der Waals surface area (Å²) in [6.07, 6.45) is 0. The Bertz CT molecular complexity index is 1170. The summed E-state index contributed by atoms with van der Waals surface area (Å²) in [5.74, 6) is 1.29. The zero-order chi connectivity index (χ0) is 21.9. The number of nitrogens with one attached hydrogen (secondary N) is 3. The molecule has 9 nitrogen and oxygen atoms in total. The zero-order valence-electron chi connectivity index (χ0n) is 17.1. The van der Waals surface area contributed by atoms with Crippen molar-refractivity contribution in [2.75, 3.05) is 14.2 Å². The maximum atomic E-state index is 12.6. The number of aromatic nitrogens is 3. The molecule has 10 heteroatoms. The lowest BCUT2D eigenvalue weighted by atomic mass is 10.1. The molecule has 0 radical (unpaired) electrons. The molecule has 0 spiro atoms. The normalized spacial score (nSPS) is 11.3. The molecule has 3 N–H and O–H groups in total. The molecule has 0 fully saturated rings. The molecule has 0 saturated heterocycles. The molecular weight excluding hydrogens is 406 g/mol. The number of carbonyl (C=O) groups excluding carboxylic acids is 1. The Labute approximate surface area is 174 Å². The highest BCUT2D eigenvalue weighted by atomic mass is 32.2. The topological polar surface area (TPSA) is 126 Å². The van der Waals surface area contributed by atoms with Gasteiger partial charge in [0.15, 0.2) is 5.82 Å². The summed E-state index contributed by atoms with van der Waals surface area (Å²) in [4.78, 5) is 17.0. The predicted octanol–water partition coefficient (Wildman–Crippen LogP) is 1.94. The Balaban J connectivity index is 1.74. The average molecular weight is 430 g/mol. The lowest BCUT2D eigenvalue weighted by Gasteiger charge is -2.12. The second-order valence-electron chi connectivity index (χ2n) is 6.64. The van der Waals surface area contributed by atoms with Gasteiger partial charge in [0.05, 0.1) is 18.6 Å². The molecule has 0 aliphatic rings. The third-order valence-electron chi connectivity index (χ3n) is 4.74. The Morgan fingerprint density at radius 2 is 1.87 bits per heavy atom. The van der Waals surface area contributed by atoms with Crippen molar-refractivity contribution in [1.82, 2.24) is 25.2 Å². The number of H-pyrrole nitrogens is 1. The van der Waals surface area contributed by atoms with Gasteiger partial charge in [0.1, 0.15) is 11.6 Å². The highest BCUT2D eigenvalue weighted by Crippen LogP contribution is 2.21. The number of benzene rings is 2. The molecule has 0 saturated carbocycles. The van der Waals surface area contributed by atoms with E-state index in [0.29, 0.717) is 22.8 Å². The van der Waals surface area contributed by atoms with Gasteiger partial charge in [-0.1, -0.05) is 0 Å². The van der Waals surface area contributed by atoms with Crippen molar-refractivity contribution >= 4 is 15.9 Å². The van der Waals surface area contributed by atoms with Gasteiger partial charge >= 0.3 is 0 Å². The summed E-state index contributed by atoms with van der Waals surface area (Å²) in [6.45, 7) is 3.58. The molecule has 3 rings (SSSR count). The molecule has 0 aliphatic heterocycles. The van der Waals surface area contributed by atoms with E-state index < -0.39 is 15.9 Å². The fourth-order valence-electron chi connectivity index (χ4n) is 2.86. The first kappa shape index (κ1) is 21.5. The molecule has 30 heavy (non-hydrogen) atoms. The molecular formula is C20H23N5O4S. The third kappa shape index (κ3) is 4.50. The van der Waals surface area contributed by atoms with Crippen LogP contribution in [0.2, 0.25) is 0 Å². The lowest BCUT2D eigenvalue weighted by molar-refractivity contribution is 0.0949. The van der Waals surface area contributed by atoms with E-state index in [9.17, 15) is 13.2 Å². The lowest BCUT2D eigenvalue weighted by Crippen LogP contribution is -2.25. The van der Waals surface area contributed by atoms with Crippen LogP contribution in [0.3, 0.4) is 0 Å². The molecule has 0 atom stereocenters. The van der Waals surface area contributed by atoms with Crippen LogP contribution in [-0.2, 0) is 16.6 Å². The average Bonchev–Trinajstić information content (AvgIpc) is 3.22. The highest BCUT2D eigenvalue weighted by Gasteiger charge is 2.19. The van der Waals surface area contributed by atoms with E-state index in [1.54, 1.807) is 27.0 Å². The maximum absolute atomic E-state index is 12.6. The number of aromatic amines is 1. The molecule has 1 amide bonds. The zero-order valence-corrected chi connectivity index (χ0v) is 17.9. The fourth-order valence-corrected chi connectivity index (χ4v) is 3.92. The Morgan fingerprint density at radius 3 is 2.50 bits per heavy atom. The van der Waals surface area contributed by atoms with Crippen LogP contribution in [0.25, 0.3) is 11.4 Å². The van der Waals surface area contributed by atoms with Crippen LogP contribution in [-0.4, -0.2) is 43.7 Å². The second kappa shape index (κ2) is 8.64. The van der Waals surface area contributed by atoms with Gasteiger partial charge in [-0.25, -0.2) is 18.1 Å². The molecule has 3 aromatic rings. The van der Waals surface area contributed by atoms with E-state index in [1.165, 1.54) is 13.1 Å². The molecule has 1 heterocycles. The van der Waals surface area contributed by atoms with Crippen molar-refractivity contribution in [3.8, 4) is 17.1 Å². The summed E-state index contributed by atoms with van der Waals surface area (Å²) in [6, 6.07) is 10.3. The van der Waals surface area contributed by atoms with Gasteiger partial charge in [-0.15, -0.1) is 0 Å². The predicted molar refractivity (Wildman–Crippen MR) is 112 cm³/mol. The van der Waals surface area contributed by atoms with Crippen LogP contribution < -0.4 is 14.8 Å². The van der Waals surface area contributed by atoms with Gasteiger partial charge in [0.25, 0.3) is 5.91 Å².